The lowest BCUT2D eigenvalue weighted by Gasteiger charge is -2.44. The van der Waals surface area contributed by atoms with E-state index in [1.165, 1.54) is 32.9 Å². The third-order valence-corrected chi connectivity index (χ3v) is 20.4. The van der Waals surface area contributed by atoms with Crippen molar-refractivity contribution in [3.8, 4) is 11.8 Å². The van der Waals surface area contributed by atoms with E-state index in [4.69, 9.17) is 109 Å². The van der Waals surface area contributed by atoms with Gasteiger partial charge >= 0.3 is 62.2 Å². The summed E-state index contributed by atoms with van der Waals surface area (Å²) in [6, 6.07) is 4.33. The van der Waals surface area contributed by atoms with Crippen LogP contribution in [0.15, 0.2) is 24.3 Å². The van der Waals surface area contributed by atoms with E-state index < -0.39 is 241 Å². The Kier molecular flexibility index (Phi) is 53.3. The fourth-order valence-corrected chi connectivity index (χ4v) is 14.8. The Labute approximate surface area is 765 Å². The van der Waals surface area contributed by atoms with Crippen LogP contribution in [0.3, 0.4) is 0 Å². The molecule has 4 rings (SSSR count). The van der Waals surface area contributed by atoms with Crippen molar-refractivity contribution < 1.29 is 185 Å². The highest BCUT2D eigenvalue weighted by molar-refractivity contribution is 7.45. The number of hydrogen-bond donors (Lipinski definition) is 7. The Hall–Kier alpha value is -10.1. The first-order valence-electron chi connectivity index (χ1n) is 42.6. The topological polar surface area (TPSA) is 597 Å². The molecule has 3 aliphatic heterocycles. The van der Waals surface area contributed by atoms with Gasteiger partial charge in [-0.1, -0.05) is 0 Å². The summed E-state index contributed by atoms with van der Waals surface area (Å²) in [6.07, 6.45) is -16.6. The molecule has 3 saturated heterocycles. The second-order valence-corrected chi connectivity index (χ2v) is 31.8. The molecule has 0 spiro atoms. The fourth-order valence-electron chi connectivity index (χ4n) is 13.2. The van der Waals surface area contributed by atoms with Gasteiger partial charge in [-0.25, -0.2) is 4.67 Å². The molecule has 3 heterocycles. The fraction of sp³-hybridized carbons (Fsp3) is 0.723. The third kappa shape index (κ3) is 44.6. The minimum Gasteiger partial charge on any atom is -0.463 e. The Balaban J connectivity index is 1.54. The number of carbonyl (C=O) groups is 16. The van der Waals surface area contributed by atoms with Crippen LogP contribution >= 0.6 is 8.53 Å². The molecule has 1 aromatic rings. The Bertz CT molecular complexity index is 3590. The van der Waals surface area contributed by atoms with E-state index in [0.717, 1.165) is 62.3 Å². The number of nitriles is 1. The summed E-state index contributed by atoms with van der Waals surface area (Å²) in [7, 11) is -1.76. The second kappa shape index (κ2) is 61.7. The second-order valence-electron chi connectivity index (χ2n) is 30.5. The minimum absolute atomic E-state index is 0.0344. The molecule has 16 atom stereocenters. The van der Waals surface area contributed by atoms with Crippen molar-refractivity contribution in [2.45, 2.75) is 246 Å². The predicted molar refractivity (Wildman–Crippen MR) is 450 cm³/mol. The molecule has 0 saturated carbocycles. The molecule has 0 radical (unpaired) electrons. The first-order chi connectivity index (χ1) is 62.6. The molecule has 49 heteroatoms. The molecule has 16 unspecified atom stereocenters. The molecule has 7 N–H and O–H groups in total. The van der Waals surface area contributed by atoms with E-state index in [0.29, 0.717) is 5.75 Å². The van der Waals surface area contributed by atoms with E-state index in [1.54, 1.807) is 12.1 Å². The molecule has 3 fully saturated rings. The van der Waals surface area contributed by atoms with Crippen LogP contribution in [0, 0.1) is 11.3 Å². The summed E-state index contributed by atoms with van der Waals surface area (Å²) >= 11 is 0. The zero-order chi connectivity index (χ0) is 98.0. The van der Waals surface area contributed by atoms with Crippen LogP contribution in [0.5, 0.6) is 5.75 Å². The first kappa shape index (κ1) is 114. The normalized spacial score (nSPS) is 22.2. The van der Waals surface area contributed by atoms with E-state index in [9.17, 15) is 82.0 Å². The van der Waals surface area contributed by atoms with Crippen molar-refractivity contribution in [1.29, 1.82) is 5.26 Å². The smallest absolute Gasteiger partial charge is 0.321 e. The molecule has 7 amide bonds. The van der Waals surface area contributed by atoms with Gasteiger partial charge in [0.15, 0.2) is 55.5 Å². The largest absolute Gasteiger partial charge is 0.463 e. The maximum Gasteiger partial charge on any atom is 0.321 e. The Morgan fingerprint density at radius 3 is 0.970 bits per heavy atom. The number of nitrogens with one attached hydrogen (secondary N) is 7. The standard InChI is InChI=1S/C83H128N9O39P/c1-48(2)92(49(3)4)132(121-29-17-25-84)131-63-20-18-62(19-21-63)79(108)91-83(45-112-30-22-67(105)85-26-33-109-36-39-115-80-70(88-50(5)93)76(125-59(14)102)73(122-56(11)99)64(128-80)42-118-53(8)96,46-113-31-23-68(106)86-27-34-110-37-40-116-81-71(89-51(6)94)77(126-60(15)103)74(123-57(12)100)65(129-81)43-119-54(9)97)47-114-32-24-69(107)87-28-35-111-38-41-117-82-72(90-52(7)95)78(127-61(16)104)75(124-58(13)101)66(130-82)44-120-55(10)98/h18-21,48-49,64-66,70-78,80-82H,17,22-24,26-47H2,1-16H3,(H,85,105)(H,86,106)(H,87,107)(H,88,93)(H,89,94)(H,90,95)(H,91,108). The van der Waals surface area contributed by atoms with Crippen molar-refractivity contribution in [3.05, 3.63) is 29.8 Å². The number of amides is 7. The van der Waals surface area contributed by atoms with Gasteiger partial charge in [0.1, 0.15) is 67.5 Å². The van der Waals surface area contributed by atoms with Crippen LogP contribution in [0.1, 0.15) is 147 Å². The van der Waals surface area contributed by atoms with Gasteiger partial charge in [-0.2, -0.15) is 5.26 Å². The third-order valence-electron chi connectivity index (χ3n) is 18.3. The summed E-state index contributed by atoms with van der Waals surface area (Å²) in [5.41, 5.74) is -1.59. The van der Waals surface area contributed by atoms with Crippen LogP contribution in [-0.2, 0) is 176 Å². The van der Waals surface area contributed by atoms with E-state index in [2.05, 4.69) is 43.3 Å². The van der Waals surface area contributed by atoms with E-state index in [-0.39, 0.29) is 149 Å². The highest BCUT2D eigenvalue weighted by atomic mass is 31.2. The maximum atomic E-state index is 14.7. The number of rotatable bonds is 61. The monoisotopic (exact) mass is 1910 g/mol. The molecule has 3 aliphatic rings. The van der Waals surface area contributed by atoms with Crippen molar-refractivity contribution in [3.63, 3.8) is 0 Å². The van der Waals surface area contributed by atoms with Gasteiger partial charge in [-0.3, -0.25) is 76.7 Å². The van der Waals surface area contributed by atoms with E-state index >= 15 is 0 Å². The van der Waals surface area contributed by atoms with Crippen LogP contribution in [-0.4, -0.2) is 354 Å². The molecule has 0 aromatic heterocycles. The lowest BCUT2D eigenvalue weighted by Crippen LogP contribution is -2.66. The first-order valence-corrected chi connectivity index (χ1v) is 43.8. The Morgan fingerprint density at radius 1 is 0.394 bits per heavy atom. The summed E-state index contributed by atoms with van der Waals surface area (Å²) in [4.78, 5) is 201. The number of ether oxygens (including phenoxy) is 21. The maximum absolute atomic E-state index is 14.7. The van der Waals surface area contributed by atoms with Gasteiger partial charge < -0.3 is 146 Å². The molecular formula is C83H128N9O39P. The number of benzene rings is 1. The number of carbonyl (C=O) groups excluding carboxylic acids is 16. The average molecular weight is 1910 g/mol. The lowest BCUT2D eigenvalue weighted by molar-refractivity contribution is -0.279. The van der Waals surface area contributed by atoms with Crippen LogP contribution in [0.25, 0.3) is 0 Å². The van der Waals surface area contributed by atoms with Gasteiger partial charge in [-0.05, 0) is 52.0 Å². The van der Waals surface area contributed by atoms with Crippen molar-refractivity contribution in [2.75, 3.05) is 145 Å². The van der Waals surface area contributed by atoms with Gasteiger partial charge in [-0.15, -0.1) is 0 Å². The highest BCUT2D eigenvalue weighted by Crippen LogP contribution is 2.46. The zero-order valence-corrected chi connectivity index (χ0v) is 78.2. The van der Waals surface area contributed by atoms with Crippen LogP contribution in [0.4, 0.5) is 0 Å². The molecule has 744 valence electrons. The van der Waals surface area contributed by atoms with Crippen LogP contribution in [0.2, 0.25) is 0 Å². The molecule has 0 bridgehead atoms. The quantitative estimate of drug-likeness (QED) is 0.0186. The zero-order valence-electron chi connectivity index (χ0n) is 77.3. The summed E-state index contributed by atoms with van der Waals surface area (Å²) in [5, 5.41) is 28.2. The Morgan fingerprint density at radius 2 is 0.697 bits per heavy atom. The summed E-state index contributed by atoms with van der Waals surface area (Å²) in [5.74, 6) is -10.6. The van der Waals surface area contributed by atoms with Crippen molar-refractivity contribution in [2.24, 2.45) is 0 Å². The van der Waals surface area contributed by atoms with Gasteiger partial charge in [0, 0.05) is 140 Å². The summed E-state index contributed by atoms with van der Waals surface area (Å²) in [6.45, 7) is 16.7. The van der Waals surface area contributed by atoms with Gasteiger partial charge in [0.2, 0.25) is 35.4 Å². The molecule has 0 aliphatic carbocycles. The number of nitrogens with zero attached hydrogens (tertiary/aromatic N) is 2. The highest BCUT2D eigenvalue weighted by Gasteiger charge is 2.55. The SMILES string of the molecule is CC(=O)NC1C(OCCOCCNC(=O)CCOCC(COCCC(=O)NCCOCCOC2OC(COC(C)=O)C(OC(C)=O)C(OC(C)=O)C2NC(C)=O)(COCCC(=O)NCCOCCOC2OC(COC(C)=O)C(OC(C)=O)C(OC(C)=O)C2NC(C)=O)NC(=O)c2ccc(OP(OCCC#N)N(C(C)C)C(C)C)cc2)OC(COC(C)=O)C(OC(C)=O)C1OC(C)=O. The molecule has 1 aromatic carbocycles. The number of hydrogen-bond acceptors (Lipinski definition) is 41. The predicted octanol–water partition coefficient (Wildman–Crippen LogP) is -0.553. The van der Waals surface area contributed by atoms with Gasteiger partial charge in [0.25, 0.3) is 5.91 Å². The van der Waals surface area contributed by atoms with Crippen molar-refractivity contribution >= 4 is 104 Å². The van der Waals surface area contributed by atoms with E-state index in [1.807, 2.05) is 32.4 Å². The van der Waals surface area contributed by atoms with Crippen LogP contribution < -0.4 is 41.7 Å². The number of esters is 9. The van der Waals surface area contributed by atoms with Gasteiger partial charge in [0.05, 0.1) is 118 Å². The minimum atomic E-state index is -1.76. The van der Waals surface area contributed by atoms with Crippen molar-refractivity contribution in [1.82, 2.24) is 41.9 Å². The summed E-state index contributed by atoms with van der Waals surface area (Å²) < 4.78 is 134. The molecule has 132 heavy (non-hydrogen) atoms. The molecule has 48 nitrogen and oxygen atoms in total. The lowest BCUT2D eigenvalue weighted by atomic mass is 9.96. The average Bonchev–Trinajstić information content (AvgIpc) is 0.793. The molecular weight excluding hydrogens is 1780 g/mol.